The maximum absolute atomic E-state index is 15.9. The lowest BCUT2D eigenvalue weighted by molar-refractivity contribution is -0.203. The molecule has 0 amide bonds. The van der Waals surface area contributed by atoms with Crippen LogP contribution in [0, 0.1) is 0 Å². The number of aliphatic hydroxyl groups is 2. The topological polar surface area (TPSA) is 195 Å². The Kier molecular flexibility index (Phi) is 7.32. The van der Waals surface area contributed by atoms with Gasteiger partial charge in [-0.3, -0.25) is 13.9 Å². The molecule has 2 heterocycles. The van der Waals surface area contributed by atoms with Crippen molar-refractivity contribution < 1.29 is 42.9 Å². The Balaban J connectivity index is 1.64. The van der Waals surface area contributed by atoms with E-state index in [1.54, 1.807) is 36.4 Å². The van der Waals surface area contributed by atoms with Gasteiger partial charge < -0.3 is 30.3 Å². The second-order valence-electron chi connectivity index (χ2n) is 8.96. The third-order valence-electron chi connectivity index (χ3n) is 6.00. The number of anilines is 1. The summed E-state index contributed by atoms with van der Waals surface area (Å²) < 4.78 is 46.4. The van der Waals surface area contributed by atoms with E-state index in [2.05, 4.69) is 10.1 Å². The largest absolute Gasteiger partial charge is 0.480 e. The number of carboxylic acids is 1. The van der Waals surface area contributed by atoms with Crippen molar-refractivity contribution in [3.05, 3.63) is 65.2 Å². The van der Waals surface area contributed by atoms with Crippen molar-refractivity contribution in [3.63, 3.8) is 0 Å². The van der Waals surface area contributed by atoms with Crippen molar-refractivity contribution in [1.82, 2.24) is 14.6 Å². The summed E-state index contributed by atoms with van der Waals surface area (Å²) in [6.45, 7) is 0.890. The lowest BCUT2D eigenvalue weighted by atomic mass is 9.95. The molecule has 1 fully saturated rings. The molecule has 1 aliphatic rings. The number of rotatable bonds is 9. The van der Waals surface area contributed by atoms with E-state index in [4.69, 9.17) is 19.5 Å². The molecule has 3 aromatic rings. The van der Waals surface area contributed by atoms with Crippen LogP contribution in [0.1, 0.15) is 20.1 Å². The van der Waals surface area contributed by atoms with Crippen LogP contribution in [0.15, 0.2) is 59.5 Å². The van der Waals surface area contributed by atoms with Gasteiger partial charge in [0.25, 0.3) is 5.85 Å². The first-order valence-electron chi connectivity index (χ1n) is 11.3. The standard InChI is InChI=1S/C23H26FN4O9P/c1-13(18(29)30)27-38(34,37-16-9-5-7-14-6-3-4-8-15(14)16)35-12-23(24)19(31)22(2,33)20(36-23)28-11-10-17(25)26-21(28)32/h3-11,13,19-20,31,33H,12H2,1-2H3,(H,27,34)(H,29,30)(H2,25,26,32)/t13-,19-,20+,22+,23+,38-/m0/s1. The zero-order valence-corrected chi connectivity index (χ0v) is 21.1. The molecule has 4 rings (SSSR count). The number of nitrogens with one attached hydrogen (secondary N) is 1. The van der Waals surface area contributed by atoms with Crippen LogP contribution in [-0.4, -0.2) is 61.0 Å². The fourth-order valence-electron chi connectivity index (χ4n) is 3.96. The number of halogens is 1. The van der Waals surface area contributed by atoms with Gasteiger partial charge in [-0.25, -0.2) is 13.8 Å². The third kappa shape index (κ3) is 5.27. The van der Waals surface area contributed by atoms with Crippen LogP contribution in [0.2, 0.25) is 0 Å². The lowest BCUT2D eigenvalue weighted by Gasteiger charge is -2.29. The molecule has 0 aliphatic carbocycles. The molecule has 6 N–H and O–H groups in total. The monoisotopic (exact) mass is 552 g/mol. The molecule has 13 nitrogen and oxygen atoms in total. The molecule has 38 heavy (non-hydrogen) atoms. The molecule has 15 heteroatoms. The summed E-state index contributed by atoms with van der Waals surface area (Å²) in [6, 6.07) is 11.4. The molecule has 0 saturated carbocycles. The summed E-state index contributed by atoms with van der Waals surface area (Å²) in [4.78, 5) is 27.2. The van der Waals surface area contributed by atoms with Crippen LogP contribution in [-0.2, 0) is 18.6 Å². The summed E-state index contributed by atoms with van der Waals surface area (Å²) >= 11 is 0. The molecule has 1 aromatic heterocycles. The van der Waals surface area contributed by atoms with Crippen molar-refractivity contribution in [1.29, 1.82) is 0 Å². The summed E-state index contributed by atoms with van der Waals surface area (Å²) in [5, 5.41) is 34.2. The quantitative estimate of drug-likeness (QED) is 0.241. The maximum atomic E-state index is 15.9. The van der Waals surface area contributed by atoms with Crippen molar-refractivity contribution in [3.8, 4) is 5.75 Å². The molecule has 6 atom stereocenters. The van der Waals surface area contributed by atoms with Gasteiger partial charge in [0.1, 0.15) is 35.9 Å². The van der Waals surface area contributed by atoms with Gasteiger partial charge in [0.2, 0.25) is 0 Å². The van der Waals surface area contributed by atoms with E-state index in [0.29, 0.717) is 10.8 Å². The first-order valence-corrected chi connectivity index (χ1v) is 12.8. The van der Waals surface area contributed by atoms with Crippen molar-refractivity contribution in [2.75, 3.05) is 12.3 Å². The molecular formula is C23H26FN4O9P. The number of aromatic nitrogens is 2. The van der Waals surface area contributed by atoms with Crippen molar-refractivity contribution in [2.45, 2.75) is 43.7 Å². The molecule has 0 unspecified atom stereocenters. The third-order valence-corrected chi connectivity index (χ3v) is 7.60. The first kappa shape index (κ1) is 27.6. The van der Waals surface area contributed by atoms with Crippen LogP contribution in [0.25, 0.3) is 10.8 Å². The summed E-state index contributed by atoms with van der Waals surface area (Å²) in [5.74, 6) is -4.72. The highest BCUT2D eigenvalue weighted by molar-refractivity contribution is 7.52. The van der Waals surface area contributed by atoms with Crippen molar-refractivity contribution >= 4 is 30.3 Å². The molecular weight excluding hydrogens is 526 g/mol. The number of nitrogen functional groups attached to an aromatic ring is 1. The smallest absolute Gasteiger partial charge is 0.459 e. The average molecular weight is 552 g/mol. The van der Waals surface area contributed by atoms with Gasteiger partial charge in [0, 0.05) is 11.6 Å². The SMILES string of the molecule is C[C@H](N[P@](=O)(OC[C@@]1(F)O[C@@H](n2ccc(N)nc2=O)[C@](C)(O)[C@@H]1O)Oc1cccc2ccccc12)C(=O)O. The molecule has 0 bridgehead atoms. The number of alkyl halides is 1. The Morgan fingerprint density at radius 3 is 2.68 bits per heavy atom. The lowest BCUT2D eigenvalue weighted by Crippen LogP contribution is -2.50. The molecule has 1 aliphatic heterocycles. The number of aliphatic hydroxyl groups excluding tert-OH is 1. The number of benzene rings is 2. The minimum atomic E-state index is -4.67. The molecule has 204 valence electrons. The predicted molar refractivity (Wildman–Crippen MR) is 132 cm³/mol. The highest BCUT2D eigenvalue weighted by atomic mass is 31.2. The van der Waals surface area contributed by atoms with Crippen LogP contribution in [0.4, 0.5) is 10.2 Å². The number of hydrogen-bond donors (Lipinski definition) is 5. The molecule has 2 aromatic carbocycles. The number of carbonyl (C=O) groups is 1. The van der Waals surface area contributed by atoms with Gasteiger partial charge in [0.15, 0.2) is 6.23 Å². The Bertz CT molecular complexity index is 1460. The van der Waals surface area contributed by atoms with Crippen LogP contribution in [0.5, 0.6) is 5.75 Å². The fourth-order valence-corrected chi connectivity index (χ4v) is 5.49. The minimum Gasteiger partial charge on any atom is -0.480 e. The highest BCUT2D eigenvalue weighted by Gasteiger charge is 2.64. The first-order chi connectivity index (χ1) is 17.8. The van der Waals surface area contributed by atoms with Crippen LogP contribution in [0.3, 0.4) is 0 Å². The van der Waals surface area contributed by atoms with Crippen LogP contribution >= 0.6 is 7.75 Å². The summed E-state index contributed by atoms with van der Waals surface area (Å²) in [7, 11) is -4.67. The zero-order chi connectivity index (χ0) is 27.9. The predicted octanol–water partition coefficient (Wildman–Crippen LogP) is 1.55. The van der Waals surface area contributed by atoms with Gasteiger partial charge in [-0.15, -0.1) is 0 Å². The van der Waals surface area contributed by atoms with E-state index in [1.165, 1.54) is 12.1 Å². The Morgan fingerprint density at radius 1 is 1.32 bits per heavy atom. The van der Waals surface area contributed by atoms with E-state index in [-0.39, 0.29) is 11.6 Å². The number of nitrogens with two attached hydrogens (primary N) is 1. The van der Waals surface area contributed by atoms with E-state index >= 15 is 4.39 Å². The van der Waals surface area contributed by atoms with Gasteiger partial charge >= 0.3 is 19.4 Å². The zero-order valence-electron chi connectivity index (χ0n) is 20.2. The van der Waals surface area contributed by atoms with Gasteiger partial charge in [-0.05, 0) is 31.4 Å². The van der Waals surface area contributed by atoms with Gasteiger partial charge in [-0.2, -0.15) is 10.1 Å². The van der Waals surface area contributed by atoms with Gasteiger partial charge in [-0.1, -0.05) is 36.4 Å². The van der Waals surface area contributed by atoms with E-state index in [1.807, 2.05) is 0 Å². The summed E-state index contributed by atoms with van der Waals surface area (Å²) in [5.41, 5.74) is 2.09. The van der Waals surface area contributed by atoms with Crippen LogP contribution < -0.4 is 21.0 Å². The second kappa shape index (κ2) is 10.1. The fraction of sp³-hybridized carbons (Fsp3) is 0.348. The molecule has 1 saturated heterocycles. The summed E-state index contributed by atoms with van der Waals surface area (Å²) in [6.07, 6.45) is -3.00. The van der Waals surface area contributed by atoms with E-state index < -0.39 is 55.8 Å². The Hall–Kier alpha value is -3.39. The number of hydrogen-bond acceptors (Lipinski definition) is 10. The highest BCUT2D eigenvalue weighted by Crippen LogP contribution is 2.51. The number of aliphatic carboxylic acids is 1. The Labute approximate surface area is 215 Å². The van der Waals surface area contributed by atoms with E-state index in [9.17, 15) is 29.5 Å². The number of carboxylic acid groups (broad SMARTS) is 1. The maximum Gasteiger partial charge on any atom is 0.459 e. The molecule has 0 radical (unpaired) electrons. The minimum absolute atomic E-state index is 0.0432. The number of ether oxygens (including phenoxy) is 1. The van der Waals surface area contributed by atoms with E-state index in [0.717, 1.165) is 24.6 Å². The number of nitrogens with zero attached hydrogens (tertiary/aromatic N) is 2. The number of fused-ring (bicyclic) bond motifs is 1. The Morgan fingerprint density at radius 2 is 2.00 bits per heavy atom. The van der Waals surface area contributed by atoms with Crippen molar-refractivity contribution in [2.24, 2.45) is 0 Å². The average Bonchev–Trinajstić information content (AvgIpc) is 3.03. The van der Waals surface area contributed by atoms with Gasteiger partial charge in [0.05, 0.1) is 0 Å². The second-order valence-corrected chi connectivity index (χ2v) is 10.6. The normalized spacial score (nSPS) is 27.6. The molecule has 0 spiro atoms.